The summed E-state index contributed by atoms with van der Waals surface area (Å²) in [6.45, 7) is 5.61. The normalized spacial score (nSPS) is 10.6. The lowest BCUT2D eigenvalue weighted by molar-refractivity contribution is -0.114. The van der Waals surface area contributed by atoms with Crippen molar-refractivity contribution in [3.05, 3.63) is 12.2 Å². The van der Waals surface area contributed by atoms with Crippen molar-refractivity contribution in [1.29, 1.82) is 0 Å². The highest BCUT2D eigenvalue weighted by atomic mass is 32.3. The van der Waals surface area contributed by atoms with Crippen molar-refractivity contribution < 1.29 is 21.9 Å². The SMILES string of the molecule is C=C(C)C(N)=O.CN(C)CCCOS(=O)(=O)O. The molecule has 0 heterocycles. The van der Waals surface area contributed by atoms with Gasteiger partial charge in [0.25, 0.3) is 0 Å². The van der Waals surface area contributed by atoms with Gasteiger partial charge in [0.15, 0.2) is 0 Å². The van der Waals surface area contributed by atoms with Gasteiger partial charge in [-0.2, -0.15) is 8.42 Å². The van der Waals surface area contributed by atoms with Gasteiger partial charge in [-0.1, -0.05) is 6.58 Å². The molecule has 0 aromatic heterocycles. The van der Waals surface area contributed by atoms with Crippen molar-refractivity contribution in [2.24, 2.45) is 5.73 Å². The molecule has 0 bridgehead atoms. The molecule has 0 aliphatic rings. The second kappa shape index (κ2) is 9.11. The summed E-state index contributed by atoms with van der Waals surface area (Å²) < 4.78 is 32.2. The lowest BCUT2D eigenvalue weighted by Crippen LogP contribution is -2.16. The predicted molar refractivity (Wildman–Crippen MR) is 64.7 cm³/mol. The largest absolute Gasteiger partial charge is 0.397 e. The summed E-state index contributed by atoms with van der Waals surface area (Å²) in [5, 5.41) is 0. The molecule has 0 aromatic carbocycles. The number of amides is 1. The smallest absolute Gasteiger partial charge is 0.366 e. The molecule has 0 unspecified atom stereocenters. The molecular weight excluding hydrogens is 248 g/mol. The van der Waals surface area contributed by atoms with Gasteiger partial charge in [0.05, 0.1) is 6.61 Å². The molecular formula is C9H20N2O5S. The number of hydrogen-bond acceptors (Lipinski definition) is 5. The molecule has 0 saturated heterocycles. The summed E-state index contributed by atoms with van der Waals surface area (Å²) in [4.78, 5) is 11.7. The van der Waals surface area contributed by atoms with Crippen LogP contribution in [-0.4, -0.2) is 51.0 Å². The molecule has 3 N–H and O–H groups in total. The fraction of sp³-hybridized carbons (Fsp3) is 0.667. The summed E-state index contributed by atoms with van der Waals surface area (Å²) in [6.07, 6.45) is 0.576. The number of primary amides is 1. The van der Waals surface area contributed by atoms with Gasteiger partial charge in [-0.15, -0.1) is 0 Å². The standard InChI is InChI=1S/C5H13NO4S.C4H7NO/c1-6(2)4-3-5-10-11(7,8)9;1-3(2)4(5)6/h3-5H2,1-2H3,(H,7,8,9);1H2,2H3,(H2,5,6). The van der Waals surface area contributed by atoms with Gasteiger partial charge in [0, 0.05) is 5.57 Å². The minimum Gasteiger partial charge on any atom is -0.366 e. The number of rotatable bonds is 6. The van der Waals surface area contributed by atoms with Crippen LogP contribution in [0.15, 0.2) is 12.2 Å². The maximum atomic E-state index is 10.00. The van der Waals surface area contributed by atoms with Crippen LogP contribution in [0.1, 0.15) is 13.3 Å². The Hall–Kier alpha value is -0.960. The van der Waals surface area contributed by atoms with Crippen molar-refractivity contribution in [3.63, 3.8) is 0 Å². The van der Waals surface area contributed by atoms with E-state index in [4.69, 9.17) is 10.3 Å². The minimum absolute atomic E-state index is 0.0248. The number of nitrogens with zero attached hydrogens (tertiary/aromatic N) is 1. The summed E-state index contributed by atoms with van der Waals surface area (Å²) >= 11 is 0. The molecule has 0 saturated carbocycles. The molecule has 7 nitrogen and oxygen atoms in total. The Bertz CT molecular complexity index is 325. The van der Waals surface area contributed by atoms with Crippen LogP contribution in [0.2, 0.25) is 0 Å². The third-order valence-electron chi connectivity index (χ3n) is 1.40. The van der Waals surface area contributed by atoms with Crippen molar-refractivity contribution in [2.75, 3.05) is 27.2 Å². The zero-order valence-electron chi connectivity index (χ0n) is 10.3. The second-order valence-electron chi connectivity index (χ2n) is 3.55. The van der Waals surface area contributed by atoms with Crippen molar-refractivity contribution in [3.8, 4) is 0 Å². The van der Waals surface area contributed by atoms with E-state index in [1.807, 2.05) is 19.0 Å². The first-order chi connectivity index (χ1) is 7.56. The van der Waals surface area contributed by atoms with Gasteiger partial charge in [-0.05, 0) is 34.0 Å². The second-order valence-corrected chi connectivity index (χ2v) is 4.64. The molecule has 0 fully saturated rings. The topological polar surface area (TPSA) is 110 Å². The Morgan fingerprint density at radius 1 is 1.47 bits per heavy atom. The van der Waals surface area contributed by atoms with E-state index in [-0.39, 0.29) is 6.61 Å². The van der Waals surface area contributed by atoms with Gasteiger partial charge in [-0.3, -0.25) is 9.35 Å². The van der Waals surface area contributed by atoms with Crippen LogP contribution >= 0.6 is 0 Å². The average molecular weight is 268 g/mol. The summed E-state index contributed by atoms with van der Waals surface area (Å²) in [5.41, 5.74) is 5.09. The summed E-state index contributed by atoms with van der Waals surface area (Å²) in [7, 11) is -0.504. The maximum absolute atomic E-state index is 10.00. The molecule has 0 radical (unpaired) electrons. The Kier molecular flexibility index (Phi) is 9.86. The number of carbonyl (C=O) groups excluding carboxylic acids is 1. The molecule has 102 valence electrons. The van der Waals surface area contributed by atoms with Crippen molar-refractivity contribution in [1.82, 2.24) is 4.90 Å². The summed E-state index contributed by atoms with van der Waals surface area (Å²) in [6, 6.07) is 0. The molecule has 0 aliphatic carbocycles. The number of nitrogens with two attached hydrogens (primary N) is 1. The Balaban J connectivity index is 0. The zero-order chi connectivity index (χ0) is 14.1. The van der Waals surface area contributed by atoms with E-state index in [1.165, 1.54) is 0 Å². The predicted octanol–water partition coefficient (Wildman–Crippen LogP) is -0.195. The van der Waals surface area contributed by atoms with E-state index < -0.39 is 16.3 Å². The fourth-order valence-electron chi connectivity index (χ4n) is 0.545. The molecule has 0 aromatic rings. The lowest BCUT2D eigenvalue weighted by Gasteiger charge is -2.07. The van der Waals surface area contributed by atoms with E-state index in [9.17, 15) is 13.2 Å². The molecule has 0 spiro atoms. The Morgan fingerprint density at radius 2 is 1.88 bits per heavy atom. The maximum Gasteiger partial charge on any atom is 0.397 e. The highest BCUT2D eigenvalue weighted by Gasteiger charge is 2.02. The number of carbonyl (C=O) groups is 1. The average Bonchev–Trinajstić information content (AvgIpc) is 2.11. The monoisotopic (exact) mass is 268 g/mol. The Labute approximate surface area is 102 Å². The van der Waals surface area contributed by atoms with Crippen LogP contribution in [0, 0.1) is 0 Å². The van der Waals surface area contributed by atoms with Crippen LogP contribution < -0.4 is 5.73 Å². The highest BCUT2D eigenvalue weighted by molar-refractivity contribution is 7.80. The van der Waals surface area contributed by atoms with Gasteiger partial charge in [-0.25, -0.2) is 4.18 Å². The number of hydrogen-bond donors (Lipinski definition) is 2. The molecule has 0 rings (SSSR count). The van der Waals surface area contributed by atoms with Crippen molar-refractivity contribution >= 4 is 16.3 Å². The van der Waals surface area contributed by atoms with E-state index >= 15 is 0 Å². The molecule has 0 aliphatic heterocycles. The molecule has 0 atom stereocenters. The molecule has 8 heteroatoms. The van der Waals surface area contributed by atoms with E-state index in [0.29, 0.717) is 12.0 Å². The first kappa shape index (κ1) is 18.4. The van der Waals surface area contributed by atoms with Crippen LogP contribution in [0.4, 0.5) is 0 Å². The van der Waals surface area contributed by atoms with Gasteiger partial charge in [0.2, 0.25) is 5.91 Å². The first-order valence-corrected chi connectivity index (χ1v) is 6.14. The minimum atomic E-state index is -4.24. The summed E-state index contributed by atoms with van der Waals surface area (Å²) in [5.74, 6) is -0.435. The molecule has 1 amide bonds. The van der Waals surface area contributed by atoms with Gasteiger partial charge < -0.3 is 10.6 Å². The van der Waals surface area contributed by atoms with E-state index in [1.54, 1.807) is 6.92 Å². The third kappa shape index (κ3) is 21.0. The van der Waals surface area contributed by atoms with Gasteiger partial charge >= 0.3 is 10.4 Å². The van der Waals surface area contributed by atoms with Gasteiger partial charge in [0.1, 0.15) is 0 Å². The Morgan fingerprint density at radius 3 is 2.12 bits per heavy atom. The zero-order valence-corrected chi connectivity index (χ0v) is 11.2. The van der Waals surface area contributed by atoms with Crippen LogP contribution in [0.5, 0.6) is 0 Å². The fourth-order valence-corrected chi connectivity index (χ4v) is 0.873. The first-order valence-electron chi connectivity index (χ1n) is 4.78. The van der Waals surface area contributed by atoms with E-state index in [2.05, 4.69) is 10.8 Å². The lowest BCUT2D eigenvalue weighted by atomic mass is 10.3. The third-order valence-corrected chi connectivity index (χ3v) is 1.87. The van der Waals surface area contributed by atoms with E-state index in [0.717, 1.165) is 6.54 Å². The molecule has 17 heavy (non-hydrogen) atoms. The quantitative estimate of drug-likeness (QED) is 0.392. The van der Waals surface area contributed by atoms with Crippen LogP contribution in [-0.2, 0) is 19.4 Å². The van der Waals surface area contributed by atoms with Crippen molar-refractivity contribution in [2.45, 2.75) is 13.3 Å². The highest BCUT2D eigenvalue weighted by Crippen LogP contribution is 1.90. The van der Waals surface area contributed by atoms with Crippen LogP contribution in [0.25, 0.3) is 0 Å². The van der Waals surface area contributed by atoms with Crippen LogP contribution in [0.3, 0.4) is 0 Å².